The molecule has 0 atom stereocenters. The number of methoxy groups -OCH3 is 1. The third kappa shape index (κ3) is 7.30. The number of rotatable bonds is 7. The molecule has 0 spiro atoms. The van der Waals surface area contributed by atoms with Gasteiger partial charge in [-0.25, -0.2) is 4.99 Å². The number of guanidine groups is 1. The standard InChI is InChI=1S/C23H31N5O2.HI/c1-3-24-23(25-17-19-9-7-8-12-21(19)30-2)26-18-22(29)28-15-13-27(14-16-28)20-10-5-4-6-11-20;/h4-12H,3,13-18H2,1-2H3,(H2,24,25,26);1H. The third-order valence-electron chi connectivity index (χ3n) is 5.11. The van der Waals surface area contributed by atoms with E-state index in [1.54, 1.807) is 7.11 Å². The van der Waals surface area contributed by atoms with Crippen LogP contribution in [0.5, 0.6) is 5.75 Å². The lowest BCUT2D eigenvalue weighted by Gasteiger charge is -2.36. The van der Waals surface area contributed by atoms with Crippen LogP contribution < -0.4 is 20.3 Å². The molecule has 0 bridgehead atoms. The van der Waals surface area contributed by atoms with E-state index in [9.17, 15) is 4.79 Å². The third-order valence-corrected chi connectivity index (χ3v) is 5.11. The topological polar surface area (TPSA) is 69.2 Å². The van der Waals surface area contributed by atoms with Crippen molar-refractivity contribution in [1.82, 2.24) is 15.5 Å². The largest absolute Gasteiger partial charge is 0.496 e. The molecule has 0 radical (unpaired) electrons. The maximum absolute atomic E-state index is 12.7. The van der Waals surface area contributed by atoms with Gasteiger partial charge < -0.3 is 25.2 Å². The minimum Gasteiger partial charge on any atom is -0.496 e. The lowest BCUT2D eigenvalue weighted by molar-refractivity contribution is -0.130. The molecule has 1 saturated heterocycles. The summed E-state index contributed by atoms with van der Waals surface area (Å²) in [6, 6.07) is 18.1. The highest BCUT2D eigenvalue weighted by atomic mass is 127. The molecule has 0 aliphatic carbocycles. The molecule has 0 saturated carbocycles. The molecule has 1 aliphatic heterocycles. The van der Waals surface area contributed by atoms with Gasteiger partial charge in [0.2, 0.25) is 5.91 Å². The van der Waals surface area contributed by atoms with E-state index < -0.39 is 0 Å². The fourth-order valence-corrected chi connectivity index (χ4v) is 3.46. The van der Waals surface area contributed by atoms with Crippen LogP contribution in [0.25, 0.3) is 0 Å². The van der Waals surface area contributed by atoms with Crippen LogP contribution >= 0.6 is 24.0 Å². The van der Waals surface area contributed by atoms with Crippen LogP contribution in [0.1, 0.15) is 12.5 Å². The normalized spacial score (nSPS) is 13.9. The van der Waals surface area contributed by atoms with Gasteiger partial charge in [-0.15, -0.1) is 24.0 Å². The second-order valence-electron chi connectivity index (χ2n) is 7.06. The predicted molar refractivity (Wildman–Crippen MR) is 136 cm³/mol. The van der Waals surface area contributed by atoms with Crippen LogP contribution in [0.2, 0.25) is 0 Å². The van der Waals surface area contributed by atoms with Crippen molar-refractivity contribution in [2.24, 2.45) is 4.99 Å². The van der Waals surface area contributed by atoms with Crippen LogP contribution in [0.15, 0.2) is 59.6 Å². The van der Waals surface area contributed by atoms with Gasteiger partial charge in [-0.1, -0.05) is 36.4 Å². The van der Waals surface area contributed by atoms with Gasteiger partial charge in [-0.3, -0.25) is 4.79 Å². The number of nitrogens with zero attached hydrogens (tertiary/aromatic N) is 3. The van der Waals surface area contributed by atoms with Crippen molar-refractivity contribution in [3.8, 4) is 5.75 Å². The summed E-state index contributed by atoms with van der Waals surface area (Å²) in [5.41, 5.74) is 2.21. The van der Waals surface area contributed by atoms with E-state index in [1.807, 2.05) is 54.3 Å². The second-order valence-corrected chi connectivity index (χ2v) is 7.06. The van der Waals surface area contributed by atoms with E-state index in [1.165, 1.54) is 5.69 Å². The molecule has 1 fully saturated rings. The predicted octanol–water partition coefficient (Wildman–Crippen LogP) is 2.72. The minimum atomic E-state index is 0. The van der Waals surface area contributed by atoms with Crippen molar-refractivity contribution in [2.45, 2.75) is 13.5 Å². The first kappa shape index (κ1) is 24.8. The molecule has 1 heterocycles. The van der Waals surface area contributed by atoms with E-state index in [-0.39, 0.29) is 36.4 Å². The number of carbonyl (C=O) groups excluding carboxylic acids is 1. The van der Waals surface area contributed by atoms with Crippen LogP contribution in [0.3, 0.4) is 0 Å². The van der Waals surface area contributed by atoms with Gasteiger partial charge in [-0.2, -0.15) is 0 Å². The van der Waals surface area contributed by atoms with Gasteiger partial charge in [0.25, 0.3) is 0 Å². The number of para-hydroxylation sites is 2. The Kier molecular flexibility index (Phi) is 10.4. The molecule has 7 nitrogen and oxygen atoms in total. The first-order valence-electron chi connectivity index (χ1n) is 10.4. The summed E-state index contributed by atoms with van der Waals surface area (Å²) in [5, 5.41) is 6.36. The molecule has 8 heteroatoms. The summed E-state index contributed by atoms with van der Waals surface area (Å²) in [7, 11) is 1.65. The number of nitrogens with one attached hydrogen (secondary N) is 2. The van der Waals surface area contributed by atoms with Crippen LogP contribution in [0.4, 0.5) is 5.69 Å². The van der Waals surface area contributed by atoms with E-state index in [4.69, 9.17) is 4.74 Å². The Balaban J connectivity index is 0.00000341. The van der Waals surface area contributed by atoms with E-state index in [0.717, 1.165) is 44.0 Å². The first-order chi connectivity index (χ1) is 14.7. The number of benzene rings is 2. The smallest absolute Gasteiger partial charge is 0.242 e. The number of hydrogen-bond donors (Lipinski definition) is 2. The minimum absolute atomic E-state index is 0. The molecule has 0 aromatic heterocycles. The van der Waals surface area contributed by atoms with Gasteiger partial charge >= 0.3 is 0 Å². The average molecular weight is 537 g/mol. The summed E-state index contributed by atoms with van der Waals surface area (Å²) >= 11 is 0. The lowest BCUT2D eigenvalue weighted by Crippen LogP contribution is -2.52. The quantitative estimate of drug-likeness (QED) is 0.323. The first-order valence-corrected chi connectivity index (χ1v) is 10.4. The Bertz CT molecular complexity index is 839. The number of halogens is 1. The van der Waals surface area contributed by atoms with Crippen molar-refractivity contribution >= 4 is 41.5 Å². The summed E-state index contributed by atoms with van der Waals surface area (Å²) in [6.45, 7) is 6.57. The van der Waals surface area contributed by atoms with Crippen molar-refractivity contribution < 1.29 is 9.53 Å². The fourth-order valence-electron chi connectivity index (χ4n) is 3.46. The van der Waals surface area contributed by atoms with Gasteiger partial charge in [0, 0.05) is 44.0 Å². The lowest BCUT2D eigenvalue weighted by atomic mass is 10.2. The molecule has 3 rings (SSSR count). The number of aliphatic imine (C=N–C) groups is 1. The fraction of sp³-hybridized carbons (Fsp3) is 0.391. The van der Waals surface area contributed by atoms with Crippen molar-refractivity contribution in [2.75, 3.05) is 51.3 Å². The zero-order chi connectivity index (χ0) is 21.2. The van der Waals surface area contributed by atoms with E-state index in [0.29, 0.717) is 12.5 Å². The molecule has 2 N–H and O–H groups in total. The molecule has 168 valence electrons. The number of ether oxygens (including phenoxy) is 1. The number of hydrogen-bond acceptors (Lipinski definition) is 4. The Morgan fingerprint density at radius 3 is 2.35 bits per heavy atom. The maximum atomic E-state index is 12.7. The molecular formula is C23H32IN5O2. The summed E-state index contributed by atoms with van der Waals surface area (Å²) in [6.07, 6.45) is 0. The van der Waals surface area contributed by atoms with Crippen LogP contribution in [-0.4, -0.2) is 63.1 Å². The molecule has 1 amide bonds. The summed E-state index contributed by atoms with van der Waals surface area (Å²) in [4.78, 5) is 21.5. The number of amides is 1. The van der Waals surface area contributed by atoms with Crippen LogP contribution in [0, 0.1) is 0 Å². The Labute approximate surface area is 201 Å². The molecule has 0 unspecified atom stereocenters. The Morgan fingerprint density at radius 2 is 1.68 bits per heavy atom. The van der Waals surface area contributed by atoms with Gasteiger partial charge in [0.1, 0.15) is 5.75 Å². The van der Waals surface area contributed by atoms with Crippen molar-refractivity contribution in [3.05, 3.63) is 60.2 Å². The highest BCUT2D eigenvalue weighted by molar-refractivity contribution is 14.0. The zero-order valence-corrected chi connectivity index (χ0v) is 20.5. The zero-order valence-electron chi connectivity index (χ0n) is 18.2. The Morgan fingerprint density at radius 1 is 1.00 bits per heavy atom. The average Bonchev–Trinajstić information content (AvgIpc) is 2.81. The SMILES string of the molecule is CCNC(=NCc1ccccc1OC)NCC(=O)N1CCN(c2ccccc2)CC1.I. The number of carbonyl (C=O) groups is 1. The monoisotopic (exact) mass is 537 g/mol. The molecule has 1 aliphatic rings. The summed E-state index contributed by atoms with van der Waals surface area (Å²) < 4.78 is 5.38. The number of piperazine rings is 1. The molecule has 2 aromatic carbocycles. The van der Waals surface area contributed by atoms with E-state index >= 15 is 0 Å². The molecule has 31 heavy (non-hydrogen) atoms. The van der Waals surface area contributed by atoms with Crippen molar-refractivity contribution in [1.29, 1.82) is 0 Å². The van der Waals surface area contributed by atoms with Gasteiger partial charge in [0.15, 0.2) is 5.96 Å². The van der Waals surface area contributed by atoms with Gasteiger partial charge in [0.05, 0.1) is 20.2 Å². The second kappa shape index (κ2) is 13.0. The maximum Gasteiger partial charge on any atom is 0.242 e. The van der Waals surface area contributed by atoms with Crippen molar-refractivity contribution in [3.63, 3.8) is 0 Å². The highest BCUT2D eigenvalue weighted by Crippen LogP contribution is 2.18. The molecular weight excluding hydrogens is 505 g/mol. The van der Waals surface area contributed by atoms with Crippen LogP contribution in [-0.2, 0) is 11.3 Å². The highest BCUT2D eigenvalue weighted by Gasteiger charge is 2.21. The number of anilines is 1. The molecule has 2 aromatic rings. The van der Waals surface area contributed by atoms with E-state index in [2.05, 4.69) is 32.7 Å². The van der Waals surface area contributed by atoms with Gasteiger partial charge in [-0.05, 0) is 25.1 Å². The summed E-state index contributed by atoms with van der Waals surface area (Å²) in [5.74, 6) is 1.52. The Hall–Kier alpha value is -2.49.